The largest absolute Gasteiger partial charge is 0.496 e. The third-order valence-electron chi connectivity index (χ3n) is 4.27. The molecule has 29 heavy (non-hydrogen) atoms. The summed E-state index contributed by atoms with van der Waals surface area (Å²) in [5, 5.41) is 3.03. The molecule has 7 nitrogen and oxygen atoms in total. The summed E-state index contributed by atoms with van der Waals surface area (Å²) in [4.78, 5) is 6.06. The Bertz CT molecular complexity index is 964. The molecule has 0 unspecified atom stereocenters. The summed E-state index contributed by atoms with van der Waals surface area (Å²) in [6.45, 7) is 2.30. The summed E-state index contributed by atoms with van der Waals surface area (Å²) in [5.74, 6) is 0.672. The fraction of sp³-hybridized carbons (Fsp3) is 0.350. The van der Waals surface area contributed by atoms with Gasteiger partial charge in [-0.05, 0) is 30.7 Å². The van der Waals surface area contributed by atoms with Crippen molar-refractivity contribution >= 4 is 21.7 Å². The lowest BCUT2D eigenvalue weighted by Gasteiger charge is -2.23. The summed E-state index contributed by atoms with van der Waals surface area (Å²) in [5.41, 5.74) is 1.64. The molecule has 0 bridgehead atoms. The van der Waals surface area contributed by atoms with E-state index in [4.69, 9.17) is 4.74 Å². The zero-order valence-corrected chi connectivity index (χ0v) is 17.9. The lowest BCUT2D eigenvalue weighted by Crippen LogP contribution is -2.41. The Morgan fingerprint density at radius 2 is 1.97 bits per heavy atom. The number of nitrogens with zero attached hydrogens (tertiary/aromatic N) is 2. The van der Waals surface area contributed by atoms with Gasteiger partial charge in [0.05, 0.1) is 18.6 Å². The van der Waals surface area contributed by atoms with Gasteiger partial charge in [0, 0.05) is 32.7 Å². The number of rotatable bonds is 8. The second-order valence-corrected chi connectivity index (χ2v) is 8.37. The fourth-order valence-corrected chi connectivity index (χ4v) is 3.69. The molecular weight excluding hydrogens is 395 g/mol. The Morgan fingerprint density at radius 1 is 1.24 bits per heavy atom. The molecule has 2 rings (SSSR count). The Kier molecular flexibility index (Phi) is 7.83. The molecule has 2 aromatic rings. The molecule has 0 atom stereocenters. The average Bonchev–Trinajstić information content (AvgIpc) is 2.68. The van der Waals surface area contributed by atoms with E-state index in [1.54, 1.807) is 21.1 Å². The van der Waals surface area contributed by atoms with Crippen molar-refractivity contribution in [3.8, 4) is 5.75 Å². The Labute approximate surface area is 171 Å². The molecule has 0 radical (unpaired) electrons. The molecule has 0 spiro atoms. The van der Waals surface area contributed by atoms with E-state index in [9.17, 15) is 12.8 Å². The molecule has 0 amide bonds. The van der Waals surface area contributed by atoms with Crippen molar-refractivity contribution < 1.29 is 17.5 Å². The maximum Gasteiger partial charge on any atom is 0.234 e. The van der Waals surface area contributed by atoms with Crippen molar-refractivity contribution in [2.24, 2.45) is 4.99 Å². The third kappa shape index (κ3) is 6.63. The summed E-state index contributed by atoms with van der Waals surface area (Å²) < 4.78 is 45.9. The summed E-state index contributed by atoms with van der Waals surface area (Å²) in [6.07, 6.45) is 0. The zero-order chi connectivity index (χ0) is 21.4. The van der Waals surface area contributed by atoms with Gasteiger partial charge in [-0.1, -0.05) is 24.3 Å². The van der Waals surface area contributed by atoms with Gasteiger partial charge in [-0.3, -0.25) is 9.71 Å². The quantitative estimate of drug-likeness (QED) is 0.505. The first kappa shape index (κ1) is 22.5. The highest BCUT2D eigenvalue weighted by molar-refractivity contribution is 7.92. The topological polar surface area (TPSA) is 83.0 Å². The van der Waals surface area contributed by atoms with Crippen LogP contribution in [0.25, 0.3) is 0 Å². The Balaban J connectivity index is 1.92. The van der Waals surface area contributed by atoms with E-state index in [0.29, 0.717) is 18.1 Å². The second-order valence-electron chi connectivity index (χ2n) is 6.53. The maximum absolute atomic E-state index is 13.6. The van der Waals surface area contributed by atoms with Crippen LogP contribution in [0.15, 0.2) is 47.5 Å². The lowest BCUT2D eigenvalue weighted by molar-refractivity contribution is 0.396. The number of benzene rings is 2. The van der Waals surface area contributed by atoms with Crippen LogP contribution in [-0.4, -0.2) is 52.8 Å². The molecule has 2 aromatic carbocycles. The minimum atomic E-state index is -3.64. The number of aryl methyl sites for hydroxylation is 1. The second kappa shape index (κ2) is 10.1. The van der Waals surface area contributed by atoms with Gasteiger partial charge in [0.15, 0.2) is 5.96 Å². The monoisotopic (exact) mass is 422 g/mol. The van der Waals surface area contributed by atoms with E-state index in [2.05, 4.69) is 15.0 Å². The van der Waals surface area contributed by atoms with Gasteiger partial charge in [-0.2, -0.15) is 0 Å². The zero-order valence-electron chi connectivity index (χ0n) is 17.1. The molecule has 0 saturated carbocycles. The first-order valence-corrected chi connectivity index (χ1v) is 10.7. The normalized spacial score (nSPS) is 11.8. The van der Waals surface area contributed by atoms with Gasteiger partial charge in [0.2, 0.25) is 10.0 Å². The van der Waals surface area contributed by atoms with Crippen LogP contribution in [0.1, 0.15) is 11.1 Å². The molecule has 0 saturated heterocycles. The van der Waals surface area contributed by atoms with Crippen LogP contribution in [0.3, 0.4) is 0 Å². The SMILES string of the molecule is CN=C(NCCS(=O)(=O)Nc1ccc(C)c(F)c1)N(C)Cc1ccccc1OC. The van der Waals surface area contributed by atoms with Crippen molar-refractivity contribution in [2.45, 2.75) is 13.5 Å². The van der Waals surface area contributed by atoms with Crippen LogP contribution >= 0.6 is 0 Å². The van der Waals surface area contributed by atoms with Gasteiger partial charge in [-0.25, -0.2) is 12.8 Å². The summed E-state index contributed by atoms with van der Waals surface area (Å²) in [7, 11) is 1.46. The molecule has 158 valence electrons. The predicted octanol–water partition coefficient (Wildman–Crippen LogP) is 2.59. The number of ether oxygens (including phenoxy) is 1. The number of nitrogens with one attached hydrogen (secondary N) is 2. The first-order valence-electron chi connectivity index (χ1n) is 9.06. The number of hydrogen-bond acceptors (Lipinski definition) is 4. The Hall–Kier alpha value is -2.81. The highest BCUT2D eigenvalue weighted by Crippen LogP contribution is 2.18. The van der Waals surface area contributed by atoms with Crippen molar-refractivity contribution in [1.29, 1.82) is 0 Å². The van der Waals surface area contributed by atoms with Crippen molar-refractivity contribution in [2.75, 3.05) is 38.2 Å². The molecular formula is C20H27FN4O3S. The van der Waals surface area contributed by atoms with Crippen LogP contribution < -0.4 is 14.8 Å². The van der Waals surface area contributed by atoms with Gasteiger partial charge in [0.25, 0.3) is 0 Å². The summed E-state index contributed by atoms with van der Waals surface area (Å²) >= 11 is 0. The van der Waals surface area contributed by atoms with Crippen LogP contribution in [-0.2, 0) is 16.6 Å². The highest BCUT2D eigenvalue weighted by Gasteiger charge is 2.14. The number of para-hydroxylation sites is 1. The highest BCUT2D eigenvalue weighted by atomic mass is 32.2. The summed E-state index contributed by atoms with van der Waals surface area (Å²) in [6, 6.07) is 11.9. The number of sulfonamides is 1. The van der Waals surface area contributed by atoms with Crippen molar-refractivity contribution in [3.05, 3.63) is 59.4 Å². The number of anilines is 1. The first-order chi connectivity index (χ1) is 13.8. The van der Waals surface area contributed by atoms with Gasteiger partial charge in [-0.15, -0.1) is 0 Å². The molecule has 0 aromatic heterocycles. The van der Waals surface area contributed by atoms with Crippen LogP contribution in [0.4, 0.5) is 10.1 Å². The van der Waals surface area contributed by atoms with Gasteiger partial charge >= 0.3 is 0 Å². The van der Waals surface area contributed by atoms with E-state index >= 15 is 0 Å². The van der Waals surface area contributed by atoms with E-state index < -0.39 is 15.8 Å². The van der Waals surface area contributed by atoms with Crippen LogP contribution in [0.5, 0.6) is 5.75 Å². The molecule has 0 fully saturated rings. The van der Waals surface area contributed by atoms with E-state index in [1.807, 2.05) is 36.2 Å². The number of methoxy groups -OCH3 is 1. The number of hydrogen-bond donors (Lipinski definition) is 2. The smallest absolute Gasteiger partial charge is 0.234 e. The minimum Gasteiger partial charge on any atom is -0.496 e. The van der Waals surface area contributed by atoms with Crippen molar-refractivity contribution in [1.82, 2.24) is 10.2 Å². The van der Waals surface area contributed by atoms with E-state index in [0.717, 1.165) is 11.3 Å². The lowest BCUT2D eigenvalue weighted by atomic mass is 10.2. The van der Waals surface area contributed by atoms with E-state index in [1.165, 1.54) is 18.2 Å². The number of guanidine groups is 1. The predicted molar refractivity (Wildman–Crippen MR) is 114 cm³/mol. The molecule has 0 heterocycles. The molecule has 2 N–H and O–H groups in total. The molecule has 9 heteroatoms. The van der Waals surface area contributed by atoms with E-state index in [-0.39, 0.29) is 18.0 Å². The Morgan fingerprint density at radius 3 is 2.62 bits per heavy atom. The molecule has 0 aliphatic carbocycles. The number of halogens is 1. The third-order valence-corrected chi connectivity index (χ3v) is 5.56. The average molecular weight is 423 g/mol. The molecule has 0 aliphatic heterocycles. The van der Waals surface area contributed by atoms with Crippen molar-refractivity contribution in [3.63, 3.8) is 0 Å². The molecule has 0 aliphatic rings. The van der Waals surface area contributed by atoms with Gasteiger partial charge < -0.3 is 15.0 Å². The standard InChI is InChI=1S/C20H27FN4O3S/c1-15-9-10-17(13-18(15)21)24-29(26,27)12-11-23-20(22-2)25(3)14-16-7-5-6-8-19(16)28-4/h5-10,13,24H,11-12,14H2,1-4H3,(H,22,23). The number of aliphatic imine (C=N–C) groups is 1. The minimum absolute atomic E-state index is 0.145. The van der Waals surface area contributed by atoms with Crippen LogP contribution in [0, 0.1) is 12.7 Å². The van der Waals surface area contributed by atoms with Crippen LogP contribution in [0.2, 0.25) is 0 Å². The van der Waals surface area contributed by atoms with Gasteiger partial charge in [0.1, 0.15) is 11.6 Å². The fourth-order valence-electron chi connectivity index (χ4n) is 2.73. The maximum atomic E-state index is 13.6.